The highest BCUT2D eigenvalue weighted by atomic mass is 79.9. The minimum atomic E-state index is -0.458. The van der Waals surface area contributed by atoms with Gasteiger partial charge < -0.3 is 9.30 Å². The van der Waals surface area contributed by atoms with E-state index in [0.717, 1.165) is 20.9 Å². The van der Waals surface area contributed by atoms with Crippen LogP contribution in [0.5, 0.6) is 0 Å². The van der Waals surface area contributed by atoms with Gasteiger partial charge in [-0.15, -0.1) is 0 Å². The SMILES string of the molecule is COC(=O)c1cc2c(Br)c[nH+]cc2n1Cc1ccc(C)cc1F. The van der Waals surface area contributed by atoms with Crippen LogP contribution in [-0.4, -0.2) is 17.6 Å². The maximum atomic E-state index is 14.2. The van der Waals surface area contributed by atoms with E-state index in [4.69, 9.17) is 4.74 Å². The number of aryl methyl sites for hydroxylation is 1. The second-order valence-electron chi connectivity index (χ2n) is 5.30. The Bertz CT molecular complexity index is 905. The first kappa shape index (κ1) is 15.7. The Hall–Kier alpha value is -2.21. The van der Waals surface area contributed by atoms with Crippen LogP contribution in [0, 0.1) is 12.7 Å². The van der Waals surface area contributed by atoms with E-state index in [0.29, 0.717) is 11.3 Å². The number of rotatable bonds is 3. The van der Waals surface area contributed by atoms with Crippen molar-refractivity contribution in [3.05, 3.63) is 63.8 Å². The molecule has 2 aromatic heterocycles. The largest absolute Gasteiger partial charge is 0.464 e. The quantitative estimate of drug-likeness (QED) is 0.655. The number of fused-ring (bicyclic) bond motifs is 1. The van der Waals surface area contributed by atoms with Crippen molar-refractivity contribution in [1.29, 1.82) is 0 Å². The van der Waals surface area contributed by atoms with E-state index in [1.54, 1.807) is 29.1 Å². The lowest BCUT2D eigenvalue weighted by Crippen LogP contribution is -2.13. The molecule has 4 nitrogen and oxygen atoms in total. The van der Waals surface area contributed by atoms with Crippen LogP contribution in [0.1, 0.15) is 21.6 Å². The van der Waals surface area contributed by atoms with Crippen molar-refractivity contribution < 1.29 is 18.9 Å². The molecule has 0 saturated heterocycles. The number of esters is 1. The van der Waals surface area contributed by atoms with Gasteiger partial charge in [0.15, 0.2) is 12.4 Å². The first-order valence-corrected chi connectivity index (χ1v) is 7.82. The third-order valence-electron chi connectivity index (χ3n) is 3.76. The summed E-state index contributed by atoms with van der Waals surface area (Å²) in [7, 11) is 1.33. The van der Waals surface area contributed by atoms with E-state index in [1.807, 2.05) is 13.0 Å². The van der Waals surface area contributed by atoms with Crippen molar-refractivity contribution in [1.82, 2.24) is 4.57 Å². The number of hydrogen-bond donors (Lipinski definition) is 0. The summed E-state index contributed by atoms with van der Waals surface area (Å²) in [5, 5.41) is 0.858. The Kier molecular flexibility index (Phi) is 4.17. The molecule has 2 heterocycles. The molecular weight excluding hydrogens is 363 g/mol. The third-order valence-corrected chi connectivity index (χ3v) is 4.41. The maximum Gasteiger partial charge on any atom is 0.354 e. The predicted molar refractivity (Wildman–Crippen MR) is 87.8 cm³/mol. The second kappa shape index (κ2) is 6.12. The highest BCUT2D eigenvalue weighted by Crippen LogP contribution is 2.27. The zero-order valence-electron chi connectivity index (χ0n) is 12.7. The summed E-state index contributed by atoms with van der Waals surface area (Å²) in [6.45, 7) is 2.08. The lowest BCUT2D eigenvalue weighted by Gasteiger charge is -2.10. The fourth-order valence-electron chi connectivity index (χ4n) is 2.58. The third kappa shape index (κ3) is 2.86. The molecule has 0 aliphatic rings. The molecule has 0 atom stereocenters. The van der Waals surface area contributed by atoms with Crippen molar-refractivity contribution in [2.45, 2.75) is 13.5 Å². The number of hydrogen-bond acceptors (Lipinski definition) is 2. The molecule has 3 aromatic rings. The molecule has 0 saturated carbocycles. The molecular formula is C17H15BrFN2O2+. The molecule has 0 aliphatic heterocycles. The Balaban J connectivity index is 2.18. The average molecular weight is 378 g/mol. The molecule has 6 heteroatoms. The van der Waals surface area contributed by atoms with E-state index in [1.165, 1.54) is 13.2 Å². The van der Waals surface area contributed by atoms with Gasteiger partial charge in [0.1, 0.15) is 17.0 Å². The van der Waals surface area contributed by atoms with Crippen LogP contribution in [0.4, 0.5) is 4.39 Å². The van der Waals surface area contributed by atoms with Gasteiger partial charge in [-0.25, -0.2) is 14.2 Å². The number of nitrogens with zero attached hydrogens (tertiary/aromatic N) is 1. The standard InChI is InChI=1S/C17H14BrFN2O2/c1-10-3-4-11(14(19)5-10)9-21-15(17(22)23-2)6-12-13(18)7-20-8-16(12)21/h3-8H,9H2,1-2H3/p+1. The van der Waals surface area contributed by atoms with Gasteiger partial charge in [-0.05, 0) is 40.5 Å². The van der Waals surface area contributed by atoms with Gasteiger partial charge in [-0.2, -0.15) is 0 Å². The molecule has 0 amide bonds. The number of benzene rings is 1. The monoisotopic (exact) mass is 377 g/mol. The van der Waals surface area contributed by atoms with Gasteiger partial charge >= 0.3 is 5.97 Å². The van der Waals surface area contributed by atoms with Crippen LogP contribution in [-0.2, 0) is 11.3 Å². The van der Waals surface area contributed by atoms with Gasteiger partial charge in [0, 0.05) is 10.9 Å². The highest BCUT2D eigenvalue weighted by Gasteiger charge is 2.20. The van der Waals surface area contributed by atoms with E-state index in [-0.39, 0.29) is 12.4 Å². The number of nitrogens with one attached hydrogen (secondary N) is 1. The Morgan fingerprint density at radius 3 is 2.83 bits per heavy atom. The van der Waals surface area contributed by atoms with Crippen LogP contribution in [0.15, 0.2) is 41.1 Å². The number of carbonyl (C=O) groups excluding carboxylic acids is 1. The van der Waals surface area contributed by atoms with Gasteiger partial charge in [0.25, 0.3) is 0 Å². The van der Waals surface area contributed by atoms with Crippen LogP contribution in [0.3, 0.4) is 0 Å². The number of pyridine rings is 1. The van der Waals surface area contributed by atoms with Crippen LogP contribution >= 0.6 is 15.9 Å². The number of halogens is 2. The maximum absolute atomic E-state index is 14.2. The topological polar surface area (TPSA) is 45.4 Å². The molecule has 0 unspecified atom stereocenters. The number of aromatic nitrogens is 2. The number of aromatic amines is 1. The summed E-state index contributed by atoms with van der Waals surface area (Å²) in [6, 6.07) is 6.81. The summed E-state index contributed by atoms with van der Waals surface area (Å²) < 4.78 is 21.6. The van der Waals surface area contributed by atoms with Crippen molar-refractivity contribution in [3.8, 4) is 0 Å². The number of H-pyrrole nitrogens is 1. The summed E-state index contributed by atoms with van der Waals surface area (Å²) in [6.07, 6.45) is 3.55. The molecule has 0 spiro atoms. The Morgan fingerprint density at radius 1 is 1.35 bits per heavy atom. The van der Waals surface area contributed by atoms with Crippen molar-refractivity contribution >= 4 is 32.8 Å². The first-order valence-electron chi connectivity index (χ1n) is 7.03. The lowest BCUT2D eigenvalue weighted by atomic mass is 10.1. The van der Waals surface area contributed by atoms with Crippen LogP contribution in [0.2, 0.25) is 0 Å². The van der Waals surface area contributed by atoms with E-state index >= 15 is 0 Å². The Labute approximate surface area is 141 Å². The molecule has 0 aliphatic carbocycles. The summed E-state index contributed by atoms with van der Waals surface area (Å²) in [5.74, 6) is -0.748. The smallest absolute Gasteiger partial charge is 0.354 e. The fraction of sp³-hybridized carbons (Fsp3) is 0.176. The van der Waals surface area contributed by atoms with Gasteiger partial charge in [-0.3, -0.25) is 0 Å². The van der Waals surface area contributed by atoms with Crippen molar-refractivity contribution in [3.63, 3.8) is 0 Å². The van der Waals surface area contributed by atoms with Gasteiger partial charge in [-0.1, -0.05) is 12.1 Å². The zero-order valence-corrected chi connectivity index (χ0v) is 14.3. The normalized spacial score (nSPS) is 11.0. The lowest BCUT2D eigenvalue weighted by molar-refractivity contribution is -0.376. The van der Waals surface area contributed by atoms with Crippen molar-refractivity contribution in [2.24, 2.45) is 0 Å². The van der Waals surface area contributed by atoms with Crippen LogP contribution < -0.4 is 4.98 Å². The van der Waals surface area contributed by atoms with E-state index < -0.39 is 5.97 Å². The minimum Gasteiger partial charge on any atom is -0.464 e. The molecule has 3 rings (SSSR count). The molecule has 1 aromatic carbocycles. The molecule has 0 bridgehead atoms. The number of carbonyl (C=O) groups is 1. The number of ether oxygens (including phenoxy) is 1. The first-order chi connectivity index (χ1) is 11.0. The van der Waals surface area contributed by atoms with E-state index in [2.05, 4.69) is 20.9 Å². The molecule has 0 fully saturated rings. The summed E-state index contributed by atoms with van der Waals surface area (Å²) >= 11 is 3.45. The van der Waals surface area contributed by atoms with Crippen LogP contribution in [0.25, 0.3) is 10.9 Å². The summed E-state index contributed by atoms with van der Waals surface area (Å²) in [4.78, 5) is 15.1. The minimum absolute atomic E-state index is 0.240. The second-order valence-corrected chi connectivity index (χ2v) is 6.16. The Morgan fingerprint density at radius 2 is 2.13 bits per heavy atom. The average Bonchev–Trinajstić information content (AvgIpc) is 2.89. The molecule has 23 heavy (non-hydrogen) atoms. The summed E-state index contributed by atoms with van der Waals surface area (Å²) in [5.41, 5.74) is 2.54. The van der Waals surface area contributed by atoms with Gasteiger partial charge in [0.2, 0.25) is 0 Å². The highest BCUT2D eigenvalue weighted by molar-refractivity contribution is 9.10. The number of methoxy groups -OCH3 is 1. The van der Waals surface area contributed by atoms with Crippen molar-refractivity contribution in [2.75, 3.05) is 7.11 Å². The molecule has 1 N–H and O–H groups in total. The molecule has 0 radical (unpaired) electrons. The zero-order chi connectivity index (χ0) is 16.6. The van der Waals surface area contributed by atoms with E-state index in [9.17, 15) is 9.18 Å². The fourth-order valence-corrected chi connectivity index (χ4v) is 3.03. The van der Waals surface area contributed by atoms with Gasteiger partial charge in [0.05, 0.1) is 18.1 Å². The molecule has 118 valence electrons. The predicted octanol–water partition coefficient (Wildman–Crippen LogP) is 3.50.